The van der Waals surface area contributed by atoms with E-state index in [0.29, 0.717) is 11.3 Å². The third-order valence-corrected chi connectivity index (χ3v) is 7.20. The first-order valence-corrected chi connectivity index (χ1v) is 11.4. The number of carbonyl (C=O) groups is 1. The van der Waals surface area contributed by atoms with Crippen LogP contribution >= 0.6 is 0 Å². The van der Waals surface area contributed by atoms with E-state index < -0.39 is 21.5 Å². The maximum Gasteiger partial charge on any atom is 0.336 e. The Labute approximate surface area is 183 Å². The van der Waals surface area contributed by atoms with Crippen LogP contribution in [0.3, 0.4) is 0 Å². The predicted molar refractivity (Wildman–Crippen MR) is 114 cm³/mol. The van der Waals surface area contributed by atoms with Crippen molar-refractivity contribution in [2.24, 2.45) is 0 Å². The maximum absolute atomic E-state index is 13.4. The number of aryl methyl sites for hydroxylation is 1. The summed E-state index contributed by atoms with van der Waals surface area (Å²) < 4.78 is 50.7. The average Bonchev–Trinajstić information content (AvgIpc) is 2.77. The van der Waals surface area contributed by atoms with Crippen LogP contribution < -0.4 is 10.4 Å². The van der Waals surface area contributed by atoms with E-state index in [-0.39, 0.29) is 43.6 Å². The number of amides is 1. The van der Waals surface area contributed by atoms with Gasteiger partial charge in [-0.25, -0.2) is 17.6 Å². The molecule has 2 aromatic carbocycles. The van der Waals surface area contributed by atoms with Gasteiger partial charge in [-0.05, 0) is 42.8 Å². The Bertz CT molecular complexity index is 1330. The molecule has 4 rings (SSSR count). The SMILES string of the molecule is Cc1cc(=O)oc2cc(OCC(=O)N3CCN(S(=O)(=O)c4cccc(F)c4)CC3)ccc12. The monoisotopic (exact) mass is 460 g/mol. The van der Waals surface area contributed by atoms with Crippen LogP contribution in [0.25, 0.3) is 11.0 Å². The number of hydrogen-bond acceptors (Lipinski definition) is 6. The molecule has 0 N–H and O–H groups in total. The van der Waals surface area contributed by atoms with E-state index in [1.54, 1.807) is 25.1 Å². The Morgan fingerprint density at radius 2 is 1.84 bits per heavy atom. The Morgan fingerprint density at radius 3 is 2.56 bits per heavy atom. The molecule has 0 aliphatic carbocycles. The van der Waals surface area contributed by atoms with Crippen LogP contribution in [-0.2, 0) is 14.8 Å². The van der Waals surface area contributed by atoms with Crippen molar-refractivity contribution in [2.75, 3.05) is 32.8 Å². The van der Waals surface area contributed by atoms with Crippen molar-refractivity contribution < 1.29 is 26.8 Å². The largest absolute Gasteiger partial charge is 0.484 e. The highest BCUT2D eigenvalue weighted by molar-refractivity contribution is 7.89. The molecular formula is C22H21FN2O6S. The van der Waals surface area contributed by atoms with Gasteiger partial charge in [-0.3, -0.25) is 4.79 Å². The lowest BCUT2D eigenvalue weighted by Crippen LogP contribution is -2.51. The van der Waals surface area contributed by atoms with Crippen LogP contribution in [0.15, 0.2) is 62.6 Å². The Hall–Kier alpha value is -3.24. The molecule has 8 nitrogen and oxygen atoms in total. The Morgan fingerprint density at radius 1 is 1.09 bits per heavy atom. The lowest BCUT2D eigenvalue weighted by molar-refractivity contribution is -0.134. The zero-order valence-corrected chi connectivity index (χ0v) is 18.1. The number of nitrogens with zero attached hydrogens (tertiary/aromatic N) is 2. The van der Waals surface area contributed by atoms with Gasteiger partial charge < -0.3 is 14.1 Å². The van der Waals surface area contributed by atoms with Gasteiger partial charge in [0.2, 0.25) is 10.0 Å². The summed E-state index contributed by atoms with van der Waals surface area (Å²) in [7, 11) is -3.83. The second kappa shape index (κ2) is 8.71. The summed E-state index contributed by atoms with van der Waals surface area (Å²) in [5.74, 6) is -0.536. The van der Waals surface area contributed by atoms with Gasteiger partial charge in [-0.1, -0.05) is 6.07 Å². The molecule has 1 fully saturated rings. The number of benzene rings is 2. The zero-order valence-electron chi connectivity index (χ0n) is 17.3. The van der Waals surface area contributed by atoms with Gasteiger partial charge in [0.25, 0.3) is 5.91 Å². The van der Waals surface area contributed by atoms with Gasteiger partial charge in [0, 0.05) is 43.7 Å². The quantitative estimate of drug-likeness (QED) is 0.542. The molecule has 0 radical (unpaired) electrons. The topological polar surface area (TPSA) is 97.1 Å². The number of hydrogen-bond donors (Lipinski definition) is 0. The van der Waals surface area contributed by atoms with Gasteiger partial charge in [-0.2, -0.15) is 4.31 Å². The fraction of sp³-hybridized carbons (Fsp3) is 0.273. The number of piperazine rings is 1. The normalized spacial score (nSPS) is 15.1. The molecule has 0 unspecified atom stereocenters. The summed E-state index contributed by atoms with van der Waals surface area (Å²) in [6.45, 7) is 2.16. The third-order valence-electron chi connectivity index (χ3n) is 5.31. The summed E-state index contributed by atoms with van der Waals surface area (Å²) in [6.07, 6.45) is 0. The third kappa shape index (κ3) is 4.51. The van der Waals surface area contributed by atoms with Crippen molar-refractivity contribution >= 4 is 26.9 Å². The van der Waals surface area contributed by atoms with E-state index in [1.165, 1.54) is 33.5 Å². The smallest absolute Gasteiger partial charge is 0.336 e. The van der Waals surface area contributed by atoms with Crippen molar-refractivity contribution in [3.63, 3.8) is 0 Å². The fourth-order valence-corrected chi connectivity index (χ4v) is 5.04. The number of halogens is 1. The fourth-order valence-electron chi connectivity index (χ4n) is 3.59. The zero-order chi connectivity index (χ0) is 22.9. The number of carbonyl (C=O) groups excluding carboxylic acids is 1. The van der Waals surface area contributed by atoms with E-state index >= 15 is 0 Å². The van der Waals surface area contributed by atoms with E-state index in [0.717, 1.165) is 17.0 Å². The van der Waals surface area contributed by atoms with Crippen LogP contribution in [0.4, 0.5) is 4.39 Å². The molecule has 0 saturated carbocycles. The maximum atomic E-state index is 13.4. The van der Waals surface area contributed by atoms with Gasteiger partial charge in [0.1, 0.15) is 17.1 Å². The minimum atomic E-state index is -3.83. The van der Waals surface area contributed by atoms with Gasteiger partial charge in [0.05, 0.1) is 4.90 Å². The molecule has 1 amide bonds. The molecule has 0 bridgehead atoms. The number of fused-ring (bicyclic) bond motifs is 1. The number of rotatable bonds is 5. The van der Waals surface area contributed by atoms with E-state index in [4.69, 9.17) is 9.15 Å². The van der Waals surface area contributed by atoms with Gasteiger partial charge >= 0.3 is 5.63 Å². The Kier molecular flexibility index (Phi) is 5.98. The highest BCUT2D eigenvalue weighted by atomic mass is 32.2. The van der Waals surface area contributed by atoms with E-state index in [2.05, 4.69) is 0 Å². The Balaban J connectivity index is 1.36. The molecule has 1 saturated heterocycles. The van der Waals surface area contributed by atoms with E-state index in [9.17, 15) is 22.4 Å². The lowest BCUT2D eigenvalue weighted by Gasteiger charge is -2.34. The molecule has 32 heavy (non-hydrogen) atoms. The van der Waals surface area contributed by atoms with Crippen LogP contribution in [0, 0.1) is 12.7 Å². The first-order chi connectivity index (χ1) is 15.2. The molecule has 3 aromatic rings. The molecule has 0 spiro atoms. The number of sulfonamides is 1. The van der Waals surface area contributed by atoms with E-state index in [1.807, 2.05) is 0 Å². The molecule has 168 valence electrons. The molecule has 2 heterocycles. The first-order valence-electron chi connectivity index (χ1n) is 9.95. The lowest BCUT2D eigenvalue weighted by atomic mass is 10.1. The second-order valence-corrected chi connectivity index (χ2v) is 9.38. The molecule has 1 aliphatic rings. The summed E-state index contributed by atoms with van der Waals surface area (Å²) in [5, 5.41) is 0.777. The summed E-state index contributed by atoms with van der Waals surface area (Å²) in [6, 6.07) is 11.3. The molecule has 0 atom stereocenters. The molecule has 1 aliphatic heterocycles. The van der Waals surface area contributed by atoms with Crippen molar-refractivity contribution in [3.05, 3.63) is 70.3 Å². The highest BCUT2D eigenvalue weighted by Gasteiger charge is 2.30. The van der Waals surface area contributed by atoms with Gasteiger partial charge in [0.15, 0.2) is 6.61 Å². The minimum absolute atomic E-state index is 0.102. The van der Waals surface area contributed by atoms with Crippen LogP contribution in [-0.4, -0.2) is 56.3 Å². The van der Waals surface area contributed by atoms with Gasteiger partial charge in [-0.15, -0.1) is 0 Å². The summed E-state index contributed by atoms with van der Waals surface area (Å²) in [5.41, 5.74) is 0.690. The standard InChI is InChI=1S/C22H21FN2O6S/c1-15-11-22(27)31-20-13-17(5-6-19(15)20)30-14-21(26)24-7-9-25(10-8-24)32(28,29)18-4-2-3-16(23)12-18/h2-6,11-13H,7-10,14H2,1H3. The highest BCUT2D eigenvalue weighted by Crippen LogP contribution is 2.23. The average molecular weight is 460 g/mol. The van der Waals surface area contributed by atoms with Crippen LogP contribution in [0.2, 0.25) is 0 Å². The minimum Gasteiger partial charge on any atom is -0.484 e. The van der Waals surface area contributed by atoms with Crippen molar-refractivity contribution in [1.29, 1.82) is 0 Å². The molecule has 10 heteroatoms. The summed E-state index contributed by atoms with van der Waals surface area (Å²) in [4.78, 5) is 25.5. The van der Waals surface area contributed by atoms with Crippen molar-refractivity contribution in [3.8, 4) is 5.75 Å². The number of ether oxygens (including phenoxy) is 1. The second-order valence-electron chi connectivity index (χ2n) is 7.44. The van der Waals surface area contributed by atoms with Crippen molar-refractivity contribution in [1.82, 2.24) is 9.21 Å². The van der Waals surface area contributed by atoms with Crippen molar-refractivity contribution in [2.45, 2.75) is 11.8 Å². The van der Waals surface area contributed by atoms with Crippen LogP contribution in [0.5, 0.6) is 5.75 Å². The first kappa shape index (κ1) is 22.0. The van der Waals surface area contributed by atoms with Crippen LogP contribution in [0.1, 0.15) is 5.56 Å². The molecule has 1 aromatic heterocycles. The summed E-state index contributed by atoms with van der Waals surface area (Å²) >= 11 is 0. The molecular weight excluding hydrogens is 439 g/mol. The predicted octanol–water partition coefficient (Wildman–Crippen LogP) is 2.15.